The number of halogens is 1. The van der Waals surface area contributed by atoms with Gasteiger partial charge in [0.1, 0.15) is 0 Å². The van der Waals surface area contributed by atoms with Crippen LogP contribution in [-0.4, -0.2) is 60.4 Å². The average molecular weight is 613 g/mol. The van der Waals surface area contributed by atoms with Crippen LogP contribution in [0, 0.1) is 3.57 Å². The van der Waals surface area contributed by atoms with E-state index in [4.69, 9.17) is 14.5 Å². The number of nitrogens with one attached hydrogen (secondary N) is 1. The van der Waals surface area contributed by atoms with Crippen LogP contribution in [0.15, 0.2) is 47.6 Å². The van der Waals surface area contributed by atoms with Gasteiger partial charge in [-0.2, -0.15) is 20.1 Å². The largest absolute Gasteiger partial charge is 0.493 e. The van der Waals surface area contributed by atoms with Crippen LogP contribution in [0.5, 0.6) is 11.5 Å². The van der Waals surface area contributed by atoms with Gasteiger partial charge < -0.3 is 19.3 Å². The van der Waals surface area contributed by atoms with Crippen molar-refractivity contribution in [1.82, 2.24) is 15.0 Å². The summed E-state index contributed by atoms with van der Waals surface area (Å²) in [6.45, 7) is 3.80. The van der Waals surface area contributed by atoms with Crippen LogP contribution in [0.25, 0.3) is 0 Å². The number of esters is 1. The maximum absolute atomic E-state index is 12.6. The van der Waals surface area contributed by atoms with Crippen molar-refractivity contribution in [2.75, 3.05) is 48.5 Å². The third kappa shape index (κ3) is 6.09. The predicted molar refractivity (Wildman–Crippen MR) is 151 cm³/mol. The van der Waals surface area contributed by atoms with Gasteiger partial charge in [-0.3, -0.25) is 0 Å². The summed E-state index contributed by atoms with van der Waals surface area (Å²) >= 11 is 2.11. The van der Waals surface area contributed by atoms with Gasteiger partial charge in [0.25, 0.3) is 0 Å². The Balaban J connectivity index is 1.30. The number of rotatable bonds is 8. The molecule has 0 aliphatic carbocycles. The molecule has 0 atom stereocenters. The summed E-state index contributed by atoms with van der Waals surface area (Å²) in [6.07, 6.45) is 6.21. The lowest BCUT2D eigenvalue weighted by Crippen LogP contribution is -2.25. The highest BCUT2D eigenvalue weighted by molar-refractivity contribution is 14.1. The van der Waals surface area contributed by atoms with E-state index in [0.717, 1.165) is 61.0 Å². The topological polar surface area (TPSA) is 105 Å². The monoisotopic (exact) mass is 613 g/mol. The van der Waals surface area contributed by atoms with Gasteiger partial charge >= 0.3 is 5.97 Å². The molecule has 0 radical (unpaired) electrons. The number of anilines is 3. The first-order chi connectivity index (χ1) is 18.1. The summed E-state index contributed by atoms with van der Waals surface area (Å²) in [5, 5.41) is 4.34. The number of aromatic nitrogens is 3. The zero-order chi connectivity index (χ0) is 25.6. The molecule has 2 aromatic carbocycles. The summed E-state index contributed by atoms with van der Waals surface area (Å²) in [7, 11) is 1.53. The number of hydrogen-bond donors (Lipinski definition) is 1. The fraction of sp³-hybridized carbons (Fsp3) is 0.346. The molecule has 0 saturated carbocycles. The second-order valence-corrected chi connectivity index (χ2v) is 9.96. The molecule has 3 heterocycles. The Labute approximate surface area is 229 Å². The highest BCUT2D eigenvalue weighted by Crippen LogP contribution is 2.29. The van der Waals surface area contributed by atoms with Crippen molar-refractivity contribution < 1.29 is 14.3 Å². The Morgan fingerprint density at radius 3 is 2.22 bits per heavy atom. The molecule has 192 valence electrons. The Hall–Kier alpha value is -3.48. The van der Waals surface area contributed by atoms with Crippen LogP contribution in [0.1, 0.15) is 41.6 Å². The number of hydrazone groups is 1. The van der Waals surface area contributed by atoms with E-state index in [1.807, 2.05) is 12.1 Å². The molecule has 2 saturated heterocycles. The normalized spacial score (nSPS) is 15.4. The predicted octanol–water partition coefficient (Wildman–Crippen LogP) is 4.35. The fourth-order valence-electron chi connectivity index (χ4n) is 4.32. The number of ether oxygens (including phenoxy) is 2. The molecular formula is C26H28IN7O3. The molecule has 0 amide bonds. The minimum Gasteiger partial charge on any atom is -0.493 e. The van der Waals surface area contributed by atoms with E-state index in [9.17, 15) is 4.79 Å². The average Bonchev–Trinajstić information content (AvgIpc) is 3.65. The lowest BCUT2D eigenvalue weighted by atomic mass is 10.2. The summed E-state index contributed by atoms with van der Waals surface area (Å²) in [5.41, 5.74) is 4.22. The third-order valence-corrected chi connectivity index (χ3v) is 7.19. The Morgan fingerprint density at radius 1 is 0.946 bits per heavy atom. The molecule has 37 heavy (non-hydrogen) atoms. The first kappa shape index (κ1) is 25.2. The maximum atomic E-state index is 12.6. The molecule has 2 aliphatic rings. The van der Waals surface area contributed by atoms with Crippen LogP contribution in [0.3, 0.4) is 0 Å². The third-order valence-electron chi connectivity index (χ3n) is 6.25. The molecule has 0 bridgehead atoms. The molecule has 1 N–H and O–H groups in total. The minimum absolute atomic E-state index is 0.334. The Bertz CT molecular complexity index is 1260. The molecule has 0 spiro atoms. The molecule has 11 heteroatoms. The number of methoxy groups -OCH3 is 1. The highest BCUT2D eigenvalue weighted by Gasteiger charge is 2.21. The van der Waals surface area contributed by atoms with Crippen molar-refractivity contribution in [3.63, 3.8) is 0 Å². The second kappa shape index (κ2) is 11.7. The van der Waals surface area contributed by atoms with Crippen LogP contribution in [0.2, 0.25) is 0 Å². The van der Waals surface area contributed by atoms with E-state index in [-0.39, 0.29) is 0 Å². The number of benzene rings is 2. The van der Waals surface area contributed by atoms with Gasteiger partial charge in [-0.15, -0.1) is 0 Å². The molecular weight excluding hydrogens is 585 g/mol. The lowest BCUT2D eigenvalue weighted by molar-refractivity contribution is 0.0728. The summed E-state index contributed by atoms with van der Waals surface area (Å²) in [4.78, 5) is 30.9. The van der Waals surface area contributed by atoms with Gasteiger partial charge in [-0.05, 0) is 84.2 Å². The van der Waals surface area contributed by atoms with Gasteiger partial charge in [0, 0.05) is 29.7 Å². The SMILES string of the molecule is COc1cc(/C=N/Nc2nc(N3CCCC3)nc(N3CCCC3)n2)ccc1OC(=O)c1ccccc1I. The second-order valence-electron chi connectivity index (χ2n) is 8.80. The number of carbonyl (C=O) groups excluding carboxylic acids is 1. The summed E-state index contributed by atoms with van der Waals surface area (Å²) in [5.74, 6) is 2.10. The number of nitrogens with zero attached hydrogens (tertiary/aromatic N) is 6. The zero-order valence-corrected chi connectivity index (χ0v) is 22.7. The first-order valence-corrected chi connectivity index (χ1v) is 13.4. The maximum Gasteiger partial charge on any atom is 0.344 e. The van der Waals surface area contributed by atoms with E-state index < -0.39 is 5.97 Å². The van der Waals surface area contributed by atoms with Crippen LogP contribution >= 0.6 is 22.6 Å². The molecule has 1 aromatic heterocycles. The molecule has 2 aliphatic heterocycles. The standard InChI is InChI=1S/C26H28IN7O3/c1-36-22-16-18(10-11-21(22)37-23(35)19-8-2-3-9-20(19)27)17-28-32-24-29-25(33-12-4-5-13-33)31-26(30-24)34-14-6-7-15-34/h2-3,8-11,16-17H,4-7,12-15H2,1H3,(H,29,30,31,32)/b28-17+. The quantitative estimate of drug-likeness (QED) is 0.131. The highest BCUT2D eigenvalue weighted by atomic mass is 127. The molecule has 5 rings (SSSR count). The smallest absolute Gasteiger partial charge is 0.344 e. The van der Waals surface area contributed by atoms with Gasteiger partial charge in [0.05, 0.1) is 18.9 Å². The van der Waals surface area contributed by atoms with Crippen molar-refractivity contribution in [2.45, 2.75) is 25.7 Å². The van der Waals surface area contributed by atoms with Crippen LogP contribution in [0.4, 0.5) is 17.8 Å². The van der Waals surface area contributed by atoms with E-state index in [0.29, 0.717) is 34.9 Å². The van der Waals surface area contributed by atoms with Crippen LogP contribution in [-0.2, 0) is 0 Å². The van der Waals surface area contributed by atoms with Gasteiger partial charge in [-0.1, -0.05) is 12.1 Å². The van der Waals surface area contributed by atoms with Crippen molar-refractivity contribution in [3.8, 4) is 11.5 Å². The zero-order valence-electron chi connectivity index (χ0n) is 20.6. The molecule has 10 nitrogen and oxygen atoms in total. The molecule has 0 unspecified atom stereocenters. The molecule has 3 aromatic rings. The Morgan fingerprint density at radius 2 is 1.59 bits per heavy atom. The summed E-state index contributed by atoms with van der Waals surface area (Å²) < 4.78 is 11.9. The van der Waals surface area contributed by atoms with Gasteiger partial charge in [-0.25, -0.2) is 10.2 Å². The van der Waals surface area contributed by atoms with Gasteiger partial charge in [0.15, 0.2) is 11.5 Å². The number of carbonyl (C=O) groups is 1. The van der Waals surface area contributed by atoms with Crippen LogP contribution < -0.4 is 24.7 Å². The van der Waals surface area contributed by atoms with Crippen molar-refractivity contribution in [2.24, 2.45) is 5.10 Å². The van der Waals surface area contributed by atoms with Crippen molar-refractivity contribution in [1.29, 1.82) is 0 Å². The first-order valence-electron chi connectivity index (χ1n) is 12.3. The molecule has 2 fully saturated rings. The lowest BCUT2D eigenvalue weighted by Gasteiger charge is -2.20. The summed E-state index contributed by atoms with van der Waals surface area (Å²) in [6, 6.07) is 12.5. The van der Waals surface area contributed by atoms with E-state index >= 15 is 0 Å². The van der Waals surface area contributed by atoms with E-state index in [1.165, 1.54) is 7.11 Å². The Kier molecular flexibility index (Phi) is 7.97. The minimum atomic E-state index is -0.441. The van der Waals surface area contributed by atoms with Crippen molar-refractivity contribution >= 4 is 52.6 Å². The number of hydrogen-bond acceptors (Lipinski definition) is 10. The van der Waals surface area contributed by atoms with Crippen molar-refractivity contribution in [3.05, 3.63) is 57.2 Å². The fourth-order valence-corrected chi connectivity index (χ4v) is 4.92. The van der Waals surface area contributed by atoms with E-state index in [2.05, 4.69) is 52.9 Å². The van der Waals surface area contributed by atoms with E-state index in [1.54, 1.807) is 36.5 Å². The van der Waals surface area contributed by atoms with Gasteiger partial charge in [0.2, 0.25) is 17.8 Å².